The lowest BCUT2D eigenvalue weighted by atomic mass is 10.0. The van der Waals surface area contributed by atoms with Gasteiger partial charge in [0.2, 0.25) is 5.91 Å². The smallest absolute Gasteiger partial charge is 0.226 e. The van der Waals surface area contributed by atoms with Gasteiger partial charge in [0.15, 0.2) is 0 Å². The lowest BCUT2D eigenvalue weighted by Gasteiger charge is -2.28. The van der Waals surface area contributed by atoms with Crippen LogP contribution < -0.4 is 5.73 Å². The highest BCUT2D eigenvalue weighted by Crippen LogP contribution is 2.13. The molecule has 3 heteroatoms. The Bertz CT molecular complexity index is 227. The molecule has 0 spiro atoms. The zero-order chi connectivity index (χ0) is 14.8. The van der Waals surface area contributed by atoms with Crippen molar-refractivity contribution in [3.63, 3.8) is 0 Å². The zero-order valence-electron chi connectivity index (χ0n) is 13.6. The van der Waals surface area contributed by atoms with Crippen molar-refractivity contribution in [2.24, 2.45) is 23.5 Å². The van der Waals surface area contributed by atoms with Crippen molar-refractivity contribution in [3.8, 4) is 0 Å². The minimum atomic E-state index is 0.0179. The van der Waals surface area contributed by atoms with Gasteiger partial charge in [-0.3, -0.25) is 4.79 Å². The number of carbonyl (C=O) groups excluding carboxylic acids is 1. The lowest BCUT2D eigenvalue weighted by Crippen LogP contribution is -2.41. The standard InChI is InChI=1S/C16H34N2O/c1-6-7-15(12-17)16(19)18(10-8-13(2)3)11-9-14(4)5/h13-15H,6-12,17H2,1-5H3. The van der Waals surface area contributed by atoms with Crippen molar-refractivity contribution in [2.45, 2.75) is 60.3 Å². The van der Waals surface area contributed by atoms with Gasteiger partial charge in [0.1, 0.15) is 0 Å². The van der Waals surface area contributed by atoms with Gasteiger partial charge in [0.05, 0.1) is 5.92 Å². The van der Waals surface area contributed by atoms with Gasteiger partial charge >= 0.3 is 0 Å². The van der Waals surface area contributed by atoms with Crippen molar-refractivity contribution >= 4 is 5.91 Å². The first-order valence-corrected chi connectivity index (χ1v) is 7.91. The van der Waals surface area contributed by atoms with Crippen molar-refractivity contribution in [1.82, 2.24) is 4.90 Å². The highest BCUT2D eigenvalue weighted by Gasteiger charge is 2.22. The Hall–Kier alpha value is -0.570. The molecule has 0 aromatic carbocycles. The molecular formula is C16H34N2O. The Morgan fingerprint density at radius 1 is 1.00 bits per heavy atom. The molecule has 0 fully saturated rings. The van der Waals surface area contributed by atoms with Gasteiger partial charge in [-0.15, -0.1) is 0 Å². The van der Waals surface area contributed by atoms with Gasteiger partial charge in [0, 0.05) is 19.6 Å². The number of hydrogen-bond donors (Lipinski definition) is 1. The predicted molar refractivity (Wildman–Crippen MR) is 82.9 cm³/mol. The van der Waals surface area contributed by atoms with Crippen LogP contribution in [-0.4, -0.2) is 30.4 Å². The van der Waals surface area contributed by atoms with Crippen molar-refractivity contribution < 1.29 is 4.79 Å². The van der Waals surface area contributed by atoms with Crippen LogP contribution in [0.25, 0.3) is 0 Å². The van der Waals surface area contributed by atoms with Crippen molar-refractivity contribution in [3.05, 3.63) is 0 Å². The minimum absolute atomic E-state index is 0.0179. The molecule has 114 valence electrons. The van der Waals surface area contributed by atoms with Gasteiger partial charge in [-0.25, -0.2) is 0 Å². The lowest BCUT2D eigenvalue weighted by molar-refractivity contribution is -0.135. The molecule has 0 aliphatic rings. The average Bonchev–Trinajstić information content (AvgIpc) is 2.34. The van der Waals surface area contributed by atoms with E-state index in [9.17, 15) is 4.79 Å². The average molecular weight is 270 g/mol. The molecule has 0 aliphatic heterocycles. The van der Waals surface area contributed by atoms with Gasteiger partial charge < -0.3 is 10.6 Å². The second kappa shape index (κ2) is 10.2. The maximum Gasteiger partial charge on any atom is 0.226 e. The summed E-state index contributed by atoms with van der Waals surface area (Å²) in [6.45, 7) is 13.2. The largest absolute Gasteiger partial charge is 0.342 e. The number of nitrogens with two attached hydrogens (primary N) is 1. The first kappa shape index (κ1) is 18.4. The second-order valence-corrected chi connectivity index (χ2v) is 6.41. The Kier molecular flexibility index (Phi) is 9.94. The molecule has 1 atom stereocenters. The van der Waals surface area contributed by atoms with Gasteiger partial charge in [-0.1, -0.05) is 41.0 Å². The van der Waals surface area contributed by atoms with Gasteiger partial charge in [-0.2, -0.15) is 0 Å². The molecule has 0 saturated heterocycles. The van der Waals surface area contributed by atoms with E-state index in [-0.39, 0.29) is 11.8 Å². The van der Waals surface area contributed by atoms with Crippen LogP contribution in [0, 0.1) is 17.8 Å². The van der Waals surface area contributed by atoms with Gasteiger partial charge in [0.25, 0.3) is 0 Å². The molecule has 0 radical (unpaired) electrons. The third-order valence-electron chi connectivity index (χ3n) is 3.54. The fraction of sp³-hybridized carbons (Fsp3) is 0.938. The molecule has 0 saturated carbocycles. The number of amides is 1. The van der Waals surface area contributed by atoms with E-state index in [1.165, 1.54) is 0 Å². The predicted octanol–water partition coefficient (Wildman–Crippen LogP) is 3.28. The van der Waals surface area contributed by atoms with E-state index >= 15 is 0 Å². The topological polar surface area (TPSA) is 46.3 Å². The molecule has 0 heterocycles. The molecule has 0 aromatic heterocycles. The van der Waals surface area contributed by atoms with Crippen LogP contribution >= 0.6 is 0 Å². The zero-order valence-corrected chi connectivity index (χ0v) is 13.6. The number of nitrogens with zero attached hydrogens (tertiary/aromatic N) is 1. The second-order valence-electron chi connectivity index (χ2n) is 6.41. The quantitative estimate of drug-likeness (QED) is 0.662. The van der Waals surface area contributed by atoms with Gasteiger partial charge in [-0.05, 0) is 31.1 Å². The Morgan fingerprint density at radius 3 is 1.79 bits per heavy atom. The number of rotatable bonds is 10. The van der Waals surface area contributed by atoms with E-state index in [0.29, 0.717) is 18.4 Å². The summed E-state index contributed by atoms with van der Waals surface area (Å²) < 4.78 is 0. The Morgan fingerprint density at radius 2 is 1.47 bits per heavy atom. The Labute approximate surface area is 119 Å². The molecule has 19 heavy (non-hydrogen) atoms. The molecule has 3 nitrogen and oxygen atoms in total. The molecule has 0 bridgehead atoms. The summed E-state index contributed by atoms with van der Waals surface area (Å²) in [4.78, 5) is 14.6. The summed E-state index contributed by atoms with van der Waals surface area (Å²) in [5, 5.41) is 0. The maximum absolute atomic E-state index is 12.5. The fourth-order valence-corrected chi connectivity index (χ4v) is 2.11. The first-order chi connectivity index (χ1) is 8.92. The molecule has 0 aliphatic carbocycles. The van der Waals surface area contributed by atoms with E-state index in [4.69, 9.17) is 5.73 Å². The normalized spacial score (nSPS) is 13.1. The molecule has 1 amide bonds. The van der Waals surface area contributed by atoms with E-state index in [1.807, 2.05) is 4.90 Å². The summed E-state index contributed by atoms with van der Waals surface area (Å²) in [5.41, 5.74) is 5.76. The highest BCUT2D eigenvalue weighted by atomic mass is 16.2. The summed E-state index contributed by atoms with van der Waals surface area (Å²) in [6, 6.07) is 0. The summed E-state index contributed by atoms with van der Waals surface area (Å²) >= 11 is 0. The SMILES string of the molecule is CCCC(CN)C(=O)N(CCC(C)C)CCC(C)C. The van der Waals surface area contributed by atoms with Crippen LogP contribution in [0.3, 0.4) is 0 Å². The van der Waals surface area contributed by atoms with E-state index in [1.54, 1.807) is 0 Å². The Balaban J connectivity index is 4.54. The molecule has 0 rings (SSSR count). The highest BCUT2D eigenvalue weighted by molar-refractivity contribution is 5.79. The third kappa shape index (κ3) is 8.25. The monoisotopic (exact) mass is 270 g/mol. The molecule has 0 aromatic rings. The van der Waals surface area contributed by atoms with Crippen molar-refractivity contribution in [1.29, 1.82) is 0 Å². The van der Waals surface area contributed by atoms with E-state index in [2.05, 4.69) is 34.6 Å². The molecular weight excluding hydrogens is 236 g/mol. The third-order valence-corrected chi connectivity index (χ3v) is 3.54. The summed E-state index contributed by atoms with van der Waals surface area (Å²) in [6.07, 6.45) is 4.09. The van der Waals surface area contributed by atoms with Crippen LogP contribution in [-0.2, 0) is 4.79 Å². The van der Waals surface area contributed by atoms with Crippen LogP contribution in [0.2, 0.25) is 0 Å². The summed E-state index contributed by atoms with van der Waals surface area (Å²) in [7, 11) is 0. The van der Waals surface area contributed by atoms with Crippen LogP contribution in [0.5, 0.6) is 0 Å². The van der Waals surface area contributed by atoms with Crippen LogP contribution in [0.1, 0.15) is 60.3 Å². The van der Waals surface area contributed by atoms with E-state index in [0.717, 1.165) is 38.8 Å². The summed E-state index contributed by atoms with van der Waals surface area (Å²) in [5.74, 6) is 1.56. The molecule has 2 N–H and O–H groups in total. The van der Waals surface area contributed by atoms with Crippen molar-refractivity contribution in [2.75, 3.05) is 19.6 Å². The number of hydrogen-bond acceptors (Lipinski definition) is 2. The van der Waals surface area contributed by atoms with Crippen LogP contribution in [0.4, 0.5) is 0 Å². The number of carbonyl (C=O) groups is 1. The first-order valence-electron chi connectivity index (χ1n) is 7.91. The molecule has 1 unspecified atom stereocenters. The fourth-order valence-electron chi connectivity index (χ4n) is 2.11. The van der Waals surface area contributed by atoms with Crippen LogP contribution in [0.15, 0.2) is 0 Å². The van der Waals surface area contributed by atoms with E-state index < -0.39 is 0 Å². The maximum atomic E-state index is 12.5. The minimum Gasteiger partial charge on any atom is -0.342 e.